The van der Waals surface area contributed by atoms with Gasteiger partial charge in [-0.05, 0) is 55.4 Å². The highest BCUT2D eigenvalue weighted by Gasteiger charge is 2.27. The highest BCUT2D eigenvalue weighted by Crippen LogP contribution is 2.30. The van der Waals surface area contributed by atoms with Crippen molar-refractivity contribution in [1.82, 2.24) is 15.2 Å². The lowest BCUT2D eigenvalue weighted by atomic mass is 10.1. The van der Waals surface area contributed by atoms with Crippen LogP contribution in [0.15, 0.2) is 36.5 Å². The molecule has 1 aliphatic heterocycles. The molecule has 1 aromatic carbocycles. The number of piperidine rings is 1. The number of likely N-dealkylation sites (tertiary alicyclic amines) is 1. The molecule has 2 fully saturated rings. The summed E-state index contributed by atoms with van der Waals surface area (Å²) in [5.74, 6) is 1.02. The molecular formula is C22H26ClFN4O2. The maximum absolute atomic E-state index is 13.2. The van der Waals surface area contributed by atoms with E-state index in [1.165, 1.54) is 37.6 Å². The van der Waals surface area contributed by atoms with Gasteiger partial charge in [0, 0.05) is 44.1 Å². The van der Waals surface area contributed by atoms with Gasteiger partial charge in [-0.15, -0.1) is 0 Å². The molecular weight excluding hydrogens is 407 g/mol. The zero-order valence-corrected chi connectivity index (χ0v) is 17.5. The summed E-state index contributed by atoms with van der Waals surface area (Å²) in [4.78, 5) is 18.9. The number of urea groups is 1. The van der Waals surface area contributed by atoms with E-state index in [9.17, 15) is 9.18 Å². The maximum atomic E-state index is 13.2. The number of carbonyl (C=O) groups excluding carboxylic acids is 1. The van der Waals surface area contributed by atoms with Gasteiger partial charge in [0.1, 0.15) is 11.9 Å². The Hall–Kier alpha value is -2.38. The number of ether oxygens (including phenoxy) is 1. The van der Waals surface area contributed by atoms with Crippen molar-refractivity contribution in [2.75, 3.05) is 25.0 Å². The van der Waals surface area contributed by atoms with Crippen LogP contribution in [0.5, 0.6) is 5.88 Å². The predicted molar refractivity (Wildman–Crippen MR) is 114 cm³/mol. The third kappa shape index (κ3) is 6.06. The van der Waals surface area contributed by atoms with Gasteiger partial charge < -0.3 is 20.3 Å². The largest absolute Gasteiger partial charge is 0.474 e. The summed E-state index contributed by atoms with van der Waals surface area (Å²) >= 11 is 5.72. The zero-order valence-electron chi connectivity index (χ0n) is 16.7. The molecule has 1 saturated carbocycles. The minimum absolute atomic E-state index is 0.0406. The Balaban J connectivity index is 1.19. The highest BCUT2D eigenvalue weighted by molar-refractivity contribution is 6.31. The van der Waals surface area contributed by atoms with Crippen molar-refractivity contribution < 1.29 is 13.9 Å². The van der Waals surface area contributed by atoms with Gasteiger partial charge in [-0.2, -0.15) is 0 Å². The van der Waals surface area contributed by atoms with Crippen LogP contribution < -0.4 is 15.4 Å². The van der Waals surface area contributed by atoms with E-state index < -0.39 is 11.8 Å². The van der Waals surface area contributed by atoms with Gasteiger partial charge in [0.25, 0.3) is 0 Å². The van der Waals surface area contributed by atoms with Gasteiger partial charge >= 0.3 is 6.03 Å². The SMILES string of the molecule is O=C(NCc1ccc(OC2CCN(CC3CC3)CC2)nc1)Nc1ccc(F)c(Cl)c1. The summed E-state index contributed by atoms with van der Waals surface area (Å²) in [6.45, 7) is 3.75. The monoisotopic (exact) mass is 432 g/mol. The quantitative estimate of drug-likeness (QED) is 0.678. The number of anilines is 1. The van der Waals surface area contributed by atoms with Gasteiger partial charge in [-0.25, -0.2) is 14.2 Å². The summed E-state index contributed by atoms with van der Waals surface area (Å²) in [5, 5.41) is 5.31. The van der Waals surface area contributed by atoms with E-state index in [0.29, 0.717) is 18.1 Å². The molecule has 1 aliphatic carbocycles. The number of benzene rings is 1. The normalized spacial score (nSPS) is 17.5. The first-order valence-corrected chi connectivity index (χ1v) is 10.8. The summed E-state index contributed by atoms with van der Waals surface area (Å²) in [7, 11) is 0. The summed E-state index contributed by atoms with van der Waals surface area (Å²) in [5.41, 5.74) is 1.28. The molecule has 160 valence electrons. The molecule has 2 N–H and O–H groups in total. The van der Waals surface area contributed by atoms with Crippen molar-refractivity contribution in [2.45, 2.75) is 38.3 Å². The highest BCUT2D eigenvalue weighted by atomic mass is 35.5. The maximum Gasteiger partial charge on any atom is 0.319 e. The summed E-state index contributed by atoms with van der Waals surface area (Å²) in [6, 6.07) is 7.34. The Bertz CT molecular complexity index is 868. The van der Waals surface area contributed by atoms with E-state index in [1.807, 2.05) is 12.1 Å². The van der Waals surface area contributed by atoms with Crippen molar-refractivity contribution in [2.24, 2.45) is 5.92 Å². The number of hydrogen-bond acceptors (Lipinski definition) is 4. The standard InChI is InChI=1S/C22H26ClFN4O2/c23-19-11-17(4-5-20(19)24)27-22(29)26-13-16-3-6-21(25-12-16)30-18-7-9-28(10-8-18)14-15-1-2-15/h3-6,11-12,15,18H,1-2,7-10,13-14H2,(H2,26,27,29). The van der Waals surface area contributed by atoms with Crippen LogP contribution in [0.3, 0.4) is 0 Å². The third-order valence-corrected chi connectivity index (χ3v) is 5.75. The molecule has 2 aromatic rings. The number of carbonyl (C=O) groups is 1. The van der Waals surface area contributed by atoms with E-state index in [0.717, 1.165) is 37.4 Å². The van der Waals surface area contributed by atoms with E-state index in [-0.39, 0.29) is 11.1 Å². The van der Waals surface area contributed by atoms with Crippen LogP contribution in [0.1, 0.15) is 31.2 Å². The zero-order chi connectivity index (χ0) is 20.9. The predicted octanol–water partition coefficient (Wildman–Crippen LogP) is 4.45. The molecule has 6 nitrogen and oxygen atoms in total. The Kier molecular flexibility index (Phi) is 6.69. The van der Waals surface area contributed by atoms with Gasteiger partial charge in [-0.1, -0.05) is 17.7 Å². The van der Waals surface area contributed by atoms with Gasteiger partial charge in [-0.3, -0.25) is 0 Å². The van der Waals surface area contributed by atoms with Crippen LogP contribution in [0.4, 0.5) is 14.9 Å². The molecule has 8 heteroatoms. The molecule has 4 rings (SSSR count). The van der Waals surface area contributed by atoms with Gasteiger partial charge in [0.05, 0.1) is 5.02 Å². The average molecular weight is 433 g/mol. The van der Waals surface area contributed by atoms with Crippen molar-refractivity contribution in [3.8, 4) is 5.88 Å². The number of nitrogens with zero attached hydrogens (tertiary/aromatic N) is 2. The lowest BCUT2D eigenvalue weighted by Crippen LogP contribution is -2.39. The lowest BCUT2D eigenvalue weighted by molar-refractivity contribution is 0.0944. The molecule has 0 atom stereocenters. The second-order valence-electron chi connectivity index (χ2n) is 8.00. The lowest BCUT2D eigenvalue weighted by Gasteiger charge is -2.31. The van der Waals surface area contributed by atoms with Crippen LogP contribution in [0.2, 0.25) is 5.02 Å². The fourth-order valence-electron chi connectivity index (χ4n) is 3.56. The minimum atomic E-state index is -0.528. The Morgan fingerprint density at radius 2 is 2.00 bits per heavy atom. The van der Waals surface area contributed by atoms with Crippen LogP contribution in [-0.4, -0.2) is 41.7 Å². The topological polar surface area (TPSA) is 66.5 Å². The smallest absolute Gasteiger partial charge is 0.319 e. The van der Waals surface area contributed by atoms with Crippen LogP contribution in [0.25, 0.3) is 0 Å². The number of rotatable bonds is 7. The first-order chi connectivity index (χ1) is 14.5. The number of amides is 2. The second kappa shape index (κ2) is 9.62. The molecule has 30 heavy (non-hydrogen) atoms. The van der Waals surface area contributed by atoms with Crippen molar-refractivity contribution in [3.63, 3.8) is 0 Å². The Morgan fingerprint density at radius 1 is 1.20 bits per heavy atom. The van der Waals surface area contributed by atoms with Gasteiger partial charge in [0.15, 0.2) is 0 Å². The summed E-state index contributed by atoms with van der Waals surface area (Å²) in [6.07, 6.45) is 6.77. The molecule has 1 saturated heterocycles. The minimum Gasteiger partial charge on any atom is -0.474 e. The Labute approximate surface area is 180 Å². The summed E-state index contributed by atoms with van der Waals surface area (Å²) < 4.78 is 19.2. The number of nitrogens with one attached hydrogen (secondary N) is 2. The molecule has 0 radical (unpaired) electrons. The fourth-order valence-corrected chi connectivity index (χ4v) is 3.74. The molecule has 1 aromatic heterocycles. The molecule has 0 spiro atoms. The van der Waals surface area contributed by atoms with Crippen LogP contribution in [0, 0.1) is 11.7 Å². The fraction of sp³-hybridized carbons (Fsp3) is 0.455. The van der Waals surface area contributed by atoms with E-state index >= 15 is 0 Å². The van der Waals surface area contributed by atoms with E-state index in [1.54, 1.807) is 6.20 Å². The second-order valence-corrected chi connectivity index (χ2v) is 8.41. The molecule has 2 amide bonds. The first kappa shape index (κ1) is 20.9. The van der Waals surface area contributed by atoms with E-state index in [2.05, 4.69) is 20.5 Å². The number of aromatic nitrogens is 1. The van der Waals surface area contributed by atoms with Gasteiger partial charge in [0.2, 0.25) is 5.88 Å². The molecule has 2 heterocycles. The number of hydrogen-bond donors (Lipinski definition) is 2. The number of halogens is 2. The molecule has 0 unspecified atom stereocenters. The van der Waals surface area contributed by atoms with Crippen LogP contribution in [-0.2, 0) is 6.54 Å². The molecule has 0 bridgehead atoms. The van der Waals surface area contributed by atoms with Crippen molar-refractivity contribution >= 4 is 23.3 Å². The third-order valence-electron chi connectivity index (χ3n) is 5.46. The average Bonchev–Trinajstić information content (AvgIpc) is 3.56. The Morgan fingerprint density at radius 3 is 2.67 bits per heavy atom. The van der Waals surface area contributed by atoms with E-state index in [4.69, 9.17) is 16.3 Å². The molecule has 2 aliphatic rings. The van der Waals surface area contributed by atoms with Crippen molar-refractivity contribution in [1.29, 1.82) is 0 Å². The van der Waals surface area contributed by atoms with Crippen LogP contribution >= 0.6 is 11.6 Å². The van der Waals surface area contributed by atoms with Crippen molar-refractivity contribution in [3.05, 3.63) is 52.9 Å². The number of pyridine rings is 1. The first-order valence-electron chi connectivity index (χ1n) is 10.4.